The van der Waals surface area contributed by atoms with Gasteiger partial charge in [0.25, 0.3) is 0 Å². The Kier molecular flexibility index (Phi) is 8.12. The van der Waals surface area contributed by atoms with Crippen molar-refractivity contribution in [1.29, 1.82) is 0 Å². The molecule has 10 fully saturated rings. The van der Waals surface area contributed by atoms with Crippen LogP contribution in [-0.4, -0.2) is 139 Å². The first-order valence-corrected chi connectivity index (χ1v) is 26.5. The van der Waals surface area contributed by atoms with E-state index in [2.05, 4.69) is 35.8 Å². The molecule has 0 aromatic rings. The van der Waals surface area contributed by atoms with Crippen molar-refractivity contribution >= 4 is 5.78 Å². The third-order valence-corrected chi connectivity index (χ3v) is 24.5. The van der Waals surface area contributed by atoms with Crippen molar-refractivity contribution in [2.45, 2.75) is 209 Å². The van der Waals surface area contributed by atoms with Gasteiger partial charge in [-0.1, -0.05) is 57.9 Å². The van der Waals surface area contributed by atoms with Gasteiger partial charge in [0.15, 0.2) is 17.1 Å². The summed E-state index contributed by atoms with van der Waals surface area (Å²) in [6.45, 7) is 15.1. The number of aliphatic hydroxyl groups is 8. The molecule has 4 spiro atoms. The maximum atomic E-state index is 15.0. The summed E-state index contributed by atoms with van der Waals surface area (Å²) in [6.07, 6.45) is 9.02. The van der Waals surface area contributed by atoms with Gasteiger partial charge in [-0.25, -0.2) is 0 Å². The van der Waals surface area contributed by atoms with E-state index in [1.807, 2.05) is 20.8 Å². The van der Waals surface area contributed by atoms with E-state index < -0.39 is 86.5 Å². The highest BCUT2D eigenvalue weighted by Gasteiger charge is 3.03. The summed E-state index contributed by atoms with van der Waals surface area (Å²) >= 11 is 0. The second-order valence-electron chi connectivity index (χ2n) is 27.4. The summed E-state index contributed by atoms with van der Waals surface area (Å²) in [5, 5.41) is 94.2. The van der Waals surface area contributed by atoms with Gasteiger partial charge in [-0.2, -0.15) is 0 Å². The maximum absolute atomic E-state index is 15.0. The second kappa shape index (κ2) is 12.3. The highest BCUT2D eigenvalue weighted by atomic mass is 16.7. The van der Waals surface area contributed by atoms with Crippen LogP contribution in [0.3, 0.4) is 0 Å². The van der Waals surface area contributed by atoms with Crippen molar-refractivity contribution in [3.63, 3.8) is 0 Å². The summed E-state index contributed by atoms with van der Waals surface area (Å²) in [4.78, 5) is 20.5. The number of Topliss-reactive ketones (excluding diaryl/α,β-unsaturated/α-hetero) is 1. The lowest BCUT2D eigenvalue weighted by Crippen LogP contribution is -2.70. The molecule has 0 amide bonds. The highest BCUT2D eigenvalue weighted by Crippen LogP contribution is 2.91. The van der Waals surface area contributed by atoms with E-state index >= 15 is 4.79 Å². The SMILES string of the molecule is C[C@@H]1[C@@]2(OC3C=C4[C@@H]5CC[C@H]6CC78N9C%10=C(C[C@@]%11(C)[C@@H](CC[C@H]%12C%13=CC[C@@H]%14[C@H](C)[C@@](O)([C@H](O)CC(C)(C)O)OC[C@]%13%14C(=O)C[C@@]%12%11O)C%10)N7C98C[C@]6(C)[C@H]5C[C@@H](O)[C@]4(C)[C@]31O)OC(C)(CO)C[C@H]2O. The van der Waals surface area contributed by atoms with Crippen LogP contribution < -0.4 is 0 Å². The molecular formula is C54H76N2O12. The minimum Gasteiger partial charge on any atom is -0.393 e. The van der Waals surface area contributed by atoms with E-state index in [4.69, 9.17) is 14.2 Å². The molecule has 14 nitrogen and oxygen atoms in total. The fraction of sp³-hybridized carbons (Fsp3) is 0.870. The number of fused-ring (bicyclic) bond motifs is 11. The van der Waals surface area contributed by atoms with Gasteiger partial charge in [-0.15, -0.1) is 0 Å². The van der Waals surface area contributed by atoms with Crippen LogP contribution in [0, 0.1) is 69.0 Å². The van der Waals surface area contributed by atoms with Gasteiger partial charge in [0, 0.05) is 59.2 Å². The minimum atomic E-state index is -1.91. The van der Waals surface area contributed by atoms with Gasteiger partial charge >= 0.3 is 0 Å². The lowest BCUT2D eigenvalue weighted by Gasteiger charge is -2.64. The van der Waals surface area contributed by atoms with Crippen molar-refractivity contribution < 1.29 is 59.9 Å². The molecule has 14 heteroatoms. The molecule has 68 heavy (non-hydrogen) atoms. The highest BCUT2D eigenvalue weighted by molar-refractivity contribution is 5.92. The van der Waals surface area contributed by atoms with E-state index in [9.17, 15) is 40.9 Å². The number of allylic oxidation sites excluding steroid dienone is 3. The minimum absolute atomic E-state index is 0.0141. The molecule has 15 rings (SSSR count). The Bertz CT molecular complexity index is 2460. The lowest BCUT2D eigenvalue weighted by molar-refractivity contribution is -0.333. The molecule has 8 N–H and O–H groups in total. The van der Waals surface area contributed by atoms with E-state index in [-0.39, 0.29) is 84.6 Å². The van der Waals surface area contributed by atoms with Crippen LogP contribution in [0.1, 0.15) is 139 Å². The third kappa shape index (κ3) is 4.35. The van der Waals surface area contributed by atoms with Crippen LogP contribution in [-0.2, 0) is 19.0 Å². The van der Waals surface area contributed by atoms with E-state index in [1.165, 1.54) is 11.4 Å². The summed E-state index contributed by atoms with van der Waals surface area (Å²) in [7, 11) is 0. The topological polar surface area (TPSA) is 213 Å². The Morgan fingerprint density at radius 2 is 1.62 bits per heavy atom. The molecular weight excluding hydrogens is 869 g/mol. The van der Waals surface area contributed by atoms with Crippen molar-refractivity contribution in [2.24, 2.45) is 69.0 Å². The number of ketones is 1. The third-order valence-electron chi connectivity index (χ3n) is 24.5. The average Bonchev–Trinajstić information content (AvgIpc) is 3.51. The number of ether oxygens (including phenoxy) is 3. The van der Waals surface area contributed by atoms with Crippen LogP contribution >= 0.6 is 0 Å². The first-order chi connectivity index (χ1) is 31.7. The van der Waals surface area contributed by atoms with Gasteiger partial charge in [0.1, 0.15) is 29.7 Å². The Morgan fingerprint density at radius 3 is 2.32 bits per heavy atom. The van der Waals surface area contributed by atoms with Crippen molar-refractivity contribution in [1.82, 2.24) is 9.80 Å². The Balaban J connectivity index is 0.729. The quantitative estimate of drug-likeness (QED) is 0.149. The number of nitrogens with zero attached hydrogens (tertiary/aromatic N) is 2. The molecule has 7 heterocycles. The fourth-order valence-electron chi connectivity index (χ4n) is 20.9. The van der Waals surface area contributed by atoms with E-state index in [0.717, 1.165) is 62.5 Å². The standard InChI is InChI=1S/C54H76N2O12/c1-26-31-13-14-32-33-12-10-28-15-36-37(19-46(28,7)49(33,63)22-39(59)48(31,32)25-66-53(26,65)40(60)20-43(3,4)62)56-50-18-29-9-11-30-34(45(29,6)23-51(50,56)55(36)50)16-38(58)47(8)35(30)17-42-52(47,64)27(2)54(67-42)41(61)21-44(5,24-57)68-54/h14,17,26-31,33-34,38,40-42,57-58,60-65H,9-13,15-16,18-25H2,1-8H3/t26-,27-,28-,29-,30+,31+,33-,34-,38+,40+,41+,42?,44?,45-,46-,47+,48+,49+,50?,51?,52+,53-,54+,55?,56?/m0/s1. The molecule has 7 aliphatic heterocycles. The molecule has 5 saturated heterocycles. The Morgan fingerprint density at radius 1 is 0.897 bits per heavy atom. The monoisotopic (exact) mass is 945 g/mol. The normalized spacial score (nSPS) is 60.9. The van der Waals surface area contributed by atoms with Gasteiger partial charge < -0.3 is 64.9 Å². The molecule has 0 aromatic carbocycles. The van der Waals surface area contributed by atoms with Crippen LogP contribution in [0.2, 0.25) is 0 Å². The zero-order valence-corrected chi connectivity index (χ0v) is 41.3. The average molecular weight is 945 g/mol. The molecule has 4 unspecified atom stereocenters. The summed E-state index contributed by atoms with van der Waals surface area (Å²) in [5.41, 5.74) is -2.76. The number of aliphatic hydroxyl groups excluding tert-OH is 4. The largest absolute Gasteiger partial charge is 0.393 e. The summed E-state index contributed by atoms with van der Waals surface area (Å²) in [6, 6.07) is 0. The van der Waals surface area contributed by atoms with Crippen molar-refractivity contribution in [2.75, 3.05) is 13.2 Å². The van der Waals surface area contributed by atoms with Gasteiger partial charge in [0.05, 0.1) is 41.5 Å². The zero-order chi connectivity index (χ0) is 48.1. The van der Waals surface area contributed by atoms with Crippen LogP contribution in [0.15, 0.2) is 34.7 Å². The van der Waals surface area contributed by atoms with Gasteiger partial charge in [0.2, 0.25) is 5.79 Å². The van der Waals surface area contributed by atoms with Gasteiger partial charge in [-0.3, -0.25) is 4.79 Å². The van der Waals surface area contributed by atoms with Crippen LogP contribution in [0.4, 0.5) is 0 Å². The molecule has 374 valence electrons. The fourth-order valence-corrected chi connectivity index (χ4v) is 20.9. The van der Waals surface area contributed by atoms with Crippen LogP contribution in [0.5, 0.6) is 0 Å². The lowest BCUT2D eigenvalue weighted by atomic mass is 9.43. The molecule has 0 aromatic heterocycles. The number of hydrogen-bond acceptors (Lipinski definition) is 14. The maximum Gasteiger partial charge on any atom is 0.201 e. The Hall–Kier alpha value is -1.95. The first-order valence-electron chi connectivity index (χ1n) is 26.5. The van der Waals surface area contributed by atoms with Crippen molar-refractivity contribution in [3.8, 4) is 0 Å². The van der Waals surface area contributed by atoms with Crippen LogP contribution in [0.25, 0.3) is 0 Å². The van der Waals surface area contributed by atoms with Gasteiger partial charge in [-0.05, 0) is 120 Å². The summed E-state index contributed by atoms with van der Waals surface area (Å²) in [5.74, 6) is -4.11. The molecule has 5 saturated carbocycles. The Labute approximate surface area is 399 Å². The second-order valence-corrected chi connectivity index (χ2v) is 27.4. The predicted molar refractivity (Wildman–Crippen MR) is 243 cm³/mol. The molecule has 0 radical (unpaired) electrons. The number of hydrogen-bond donors (Lipinski definition) is 8. The number of carbonyl (C=O) groups excluding carboxylic acids is 1. The summed E-state index contributed by atoms with van der Waals surface area (Å²) < 4.78 is 19.3. The first kappa shape index (κ1) is 44.7. The van der Waals surface area contributed by atoms with E-state index in [0.29, 0.717) is 18.8 Å². The molecule has 15 aliphatic rings. The molecule has 2 bridgehead atoms. The number of rotatable bonds is 4. The van der Waals surface area contributed by atoms with Crippen molar-refractivity contribution in [3.05, 3.63) is 34.7 Å². The zero-order valence-electron chi connectivity index (χ0n) is 41.3. The molecule has 8 aliphatic carbocycles. The predicted octanol–water partition coefficient (Wildman–Crippen LogP) is 3.72. The smallest absolute Gasteiger partial charge is 0.201 e. The van der Waals surface area contributed by atoms with E-state index in [1.54, 1.807) is 20.8 Å². The molecule has 23 atom stereocenters. The number of carbonyl (C=O) groups is 1.